The van der Waals surface area contributed by atoms with Crippen molar-refractivity contribution >= 4 is 38.8 Å². The number of alkyl halides is 1. The molecular weight excluding hydrogens is 480 g/mol. The summed E-state index contributed by atoms with van der Waals surface area (Å²) in [6.07, 6.45) is -0.785. The van der Waals surface area contributed by atoms with E-state index in [0.29, 0.717) is 5.02 Å². The minimum absolute atomic E-state index is 0.0598. The molecule has 2 atom stereocenters. The monoisotopic (exact) mass is 495 g/mol. The third kappa shape index (κ3) is 4.53. The molecule has 0 spiro atoms. The van der Waals surface area contributed by atoms with E-state index in [2.05, 4.69) is 0 Å². The first-order valence-electron chi connectivity index (χ1n) is 9.24. The topological polar surface area (TPSA) is 94.3 Å². The summed E-state index contributed by atoms with van der Waals surface area (Å²) in [6, 6.07) is 17.1. The summed E-state index contributed by atoms with van der Waals surface area (Å²) in [5.41, 5.74) is 0.0478. The van der Waals surface area contributed by atoms with Gasteiger partial charge in [-0.05, 0) is 54.1 Å². The van der Waals surface area contributed by atoms with Gasteiger partial charge in [-0.3, -0.25) is 14.9 Å². The molecule has 166 valence electrons. The minimum atomic E-state index is -5.16. The second kappa shape index (κ2) is 9.36. The zero-order valence-electron chi connectivity index (χ0n) is 16.3. The Morgan fingerprint density at radius 3 is 1.94 bits per heavy atom. The first-order chi connectivity index (χ1) is 15.1. The Kier molecular flexibility index (Phi) is 6.97. The molecule has 3 aromatic rings. The van der Waals surface area contributed by atoms with Gasteiger partial charge in [-0.1, -0.05) is 53.5 Å². The van der Waals surface area contributed by atoms with E-state index in [0.717, 1.165) is 12.1 Å². The van der Waals surface area contributed by atoms with Crippen LogP contribution >= 0.6 is 23.2 Å². The number of Topliss-reactive ketones (excluding diaryl/α,β-unsaturated/α-hetero) is 1. The molecule has 0 amide bonds. The maximum absolute atomic E-state index is 16.3. The molecule has 32 heavy (non-hydrogen) atoms. The smallest absolute Gasteiger partial charge is 0.294 e. The fourth-order valence-corrected chi connectivity index (χ4v) is 5.15. The molecule has 0 fully saturated rings. The van der Waals surface area contributed by atoms with Gasteiger partial charge in [-0.25, -0.2) is 8.42 Å². The number of halogens is 3. The Labute approximate surface area is 193 Å². The number of sulfone groups is 1. The Morgan fingerprint density at radius 2 is 1.44 bits per heavy atom. The average Bonchev–Trinajstić information content (AvgIpc) is 2.78. The van der Waals surface area contributed by atoms with Gasteiger partial charge in [-0.15, -0.1) is 4.39 Å². The van der Waals surface area contributed by atoms with Gasteiger partial charge in [-0.2, -0.15) is 0 Å². The Bertz CT molecular complexity index is 1240. The molecule has 0 heterocycles. The van der Waals surface area contributed by atoms with Crippen LogP contribution in [0.25, 0.3) is 0 Å². The van der Waals surface area contributed by atoms with Crippen LogP contribution < -0.4 is 0 Å². The highest BCUT2D eigenvalue weighted by atomic mass is 35.5. The van der Waals surface area contributed by atoms with Gasteiger partial charge in [0.2, 0.25) is 0 Å². The van der Waals surface area contributed by atoms with Crippen LogP contribution in [0, 0.1) is 10.1 Å². The summed E-state index contributed by atoms with van der Waals surface area (Å²) in [7, 11) is -5.16. The predicted molar refractivity (Wildman–Crippen MR) is 119 cm³/mol. The van der Waals surface area contributed by atoms with E-state index in [1.807, 2.05) is 0 Å². The average molecular weight is 496 g/mol. The second-order valence-electron chi connectivity index (χ2n) is 6.92. The first kappa shape index (κ1) is 23.8. The predicted octanol–water partition coefficient (Wildman–Crippen LogP) is 5.72. The lowest BCUT2D eigenvalue weighted by molar-refractivity contribution is -0.578. The van der Waals surface area contributed by atoms with Crippen LogP contribution in [0.2, 0.25) is 10.0 Å². The number of nitro groups is 1. The van der Waals surface area contributed by atoms with Gasteiger partial charge in [0.05, 0.1) is 9.82 Å². The molecule has 0 aliphatic carbocycles. The molecule has 0 saturated carbocycles. The molecule has 0 aliphatic heterocycles. The van der Waals surface area contributed by atoms with Crippen molar-refractivity contribution in [2.24, 2.45) is 0 Å². The molecule has 0 radical (unpaired) electrons. The number of ketones is 1. The number of carbonyl (C=O) groups is 1. The van der Waals surface area contributed by atoms with Gasteiger partial charge in [0, 0.05) is 22.0 Å². The fourth-order valence-electron chi connectivity index (χ4n) is 3.26. The van der Waals surface area contributed by atoms with Crippen molar-refractivity contribution in [3.63, 3.8) is 0 Å². The van der Waals surface area contributed by atoms with Crippen molar-refractivity contribution in [1.82, 2.24) is 0 Å². The van der Waals surface area contributed by atoms with E-state index >= 15 is 4.39 Å². The minimum Gasteiger partial charge on any atom is -0.294 e. The van der Waals surface area contributed by atoms with Crippen LogP contribution in [-0.2, 0) is 9.84 Å². The summed E-state index contributed by atoms with van der Waals surface area (Å²) >= 11 is 11.7. The van der Waals surface area contributed by atoms with Crippen molar-refractivity contribution < 1.29 is 22.5 Å². The number of hydrogen-bond acceptors (Lipinski definition) is 5. The van der Waals surface area contributed by atoms with Gasteiger partial charge < -0.3 is 0 Å². The zero-order chi connectivity index (χ0) is 23.5. The summed E-state index contributed by atoms with van der Waals surface area (Å²) in [5, 5.41) is 8.57. The van der Waals surface area contributed by atoms with E-state index in [9.17, 15) is 23.3 Å². The van der Waals surface area contributed by atoms with E-state index < -0.39 is 42.9 Å². The van der Waals surface area contributed by atoms with Gasteiger partial charge in [0.15, 0.2) is 5.78 Å². The van der Waals surface area contributed by atoms with Gasteiger partial charge >= 0.3 is 5.12 Å². The number of benzene rings is 3. The number of hydrogen-bond donors (Lipinski definition) is 0. The van der Waals surface area contributed by atoms with E-state index in [4.69, 9.17) is 23.2 Å². The van der Waals surface area contributed by atoms with Crippen LogP contribution in [0.3, 0.4) is 0 Å². The highest BCUT2D eigenvalue weighted by Crippen LogP contribution is 2.43. The molecule has 0 N–H and O–H groups in total. The van der Waals surface area contributed by atoms with Crippen molar-refractivity contribution in [1.29, 1.82) is 0 Å². The molecule has 0 aromatic heterocycles. The normalized spacial score (nSPS) is 14.3. The quantitative estimate of drug-likeness (QED) is 0.172. The lowest BCUT2D eigenvalue weighted by Crippen LogP contribution is -2.48. The van der Waals surface area contributed by atoms with Crippen molar-refractivity contribution in [2.45, 2.75) is 22.4 Å². The molecule has 3 rings (SSSR count). The largest absolute Gasteiger partial charge is 0.469 e. The van der Waals surface area contributed by atoms with E-state index in [-0.39, 0.29) is 16.1 Å². The standard InChI is InChI=1S/C22H16Cl2FNO5S/c23-17-10-6-15(7-11-17)20(14-21(27)16-8-12-18(24)13-9-16)22(25,26(28)29)32(30,31)19-4-2-1-3-5-19/h1-13,20H,14H2. The molecule has 0 aliphatic rings. The number of nitrogens with zero attached hydrogens (tertiary/aromatic N) is 1. The van der Waals surface area contributed by atoms with E-state index in [1.54, 1.807) is 0 Å². The molecule has 3 aromatic carbocycles. The zero-order valence-corrected chi connectivity index (χ0v) is 18.6. The maximum Gasteiger partial charge on any atom is 0.469 e. The molecule has 2 unspecified atom stereocenters. The van der Waals surface area contributed by atoms with Crippen molar-refractivity contribution in [3.05, 3.63) is 110 Å². The molecule has 0 bridgehead atoms. The van der Waals surface area contributed by atoms with Crippen molar-refractivity contribution in [2.75, 3.05) is 0 Å². The van der Waals surface area contributed by atoms with Crippen molar-refractivity contribution in [3.8, 4) is 0 Å². The highest BCUT2D eigenvalue weighted by molar-refractivity contribution is 7.92. The Hall–Kier alpha value is -2.81. The van der Waals surface area contributed by atoms with Gasteiger partial charge in [0.25, 0.3) is 9.84 Å². The van der Waals surface area contributed by atoms with Crippen LogP contribution in [-0.4, -0.2) is 24.2 Å². The summed E-state index contributed by atoms with van der Waals surface area (Å²) in [5.74, 6) is -2.64. The lowest BCUT2D eigenvalue weighted by Gasteiger charge is -2.26. The first-order valence-corrected chi connectivity index (χ1v) is 11.5. The highest BCUT2D eigenvalue weighted by Gasteiger charge is 2.64. The Morgan fingerprint density at radius 1 is 0.938 bits per heavy atom. The van der Waals surface area contributed by atoms with Gasteiger partial charge in [0.1, 0.15) is 5.92 Å². The molecule has 6 nitrogen and oxygen atoms in total. The fraction of sp³-hybridized carbons (Fsp3) is 0.136. The number of carbonyl (C=O) groups excluding carboxylic acids is 1. The van der Waals surface area contributed by atoms with Crippen LogP contribution in [0.5, 0.6) is 0 Å². The lowest BCUT2D eigenvalue weighted by atomic mass is 9.90. The Balaban J connectivity index is 2.17. The van der Waals surface area contributed by atoms with Crippen LogP contribution in [0.15, 0.2) is 83.8 Å². The third-order valence-electron chi connectivity index (χ3n) is 4.94. The van der Waals surface area contributed by atoms with Crippen LogP contribution in [0.1, 0.15) is 28.3 Å². The molecule has 10 heteroatoms. The SMILES string of the molecule is O=C(CC(c1ccc(Cl)cc1)C(F)([N+](=O)[O-])S(=O)(=O)c1ccccc1)c1ccc(Cl)cc1. The summed E-state index contributed by atoms with van der Waals surface area (Å²) < 4.78 is 42.6. The third-order valence-corrected chi connectivity index (χ3v) is 7.52. The number of rotatable bonds is 8. The molecule has 0 saturated heterocycles. The summed E-state index contributed by atoms with van der Waals surface area (Å²) in [6.45, 7) is 0. The molecular formula is C22H16Cl2FNO5S. The maximum atomic E-state index is 16.3. The summed E-state index contributed by atoms with van der Waals surface area (Å²) in [4.78, 5) is 22.8. The van der Waals surface area contributed by atoms with Crippen LogP contribution in [0.4, 0.5) is 4.39 Å². The second-order valence-corrected chi connectivity index (χ2v) is 9.84. The van der Waals surface area contributed by atoms with E-state index in [1.165, 1.54) is 66.7 Å².